The van der Waals surface area contributed by atoms with E-state index in [2.05, 4.69) is 0 Å². The van der Waals surface area contributed by atoms with Crippen molar-refractivity contribution in [2.45, 2.75) is 19.9 Å². The summed E-state index contributed by atoms with van der Waals surface area (Å²) >= 11 is 6.33. The number of fused-ring (bicyclic) bond motifs is 2. The molecule has 4 aromatic rings. The molecule has 0 radical (unpaired) electrons. The van der Waals surface area contributed by atoms with E-state index >= 15 is 0 Å². The summed E-state index contributed by atoms with van der Waals surface area (Å²) in [5.41, 5.74) is 3.22. The second kappa shape index (κ2) is 7.06. The second-order valence-electron chi connectivity index (χ2n) is 7.74. The highest BCUT2D eigenvalue weighted by atomic mass is 35.5. The first-order valence-corrected chi connectivity index (χ1v) is 10.2. The summed E-state index contributed by atoms with van der Waals surface area (Å²) < 4.78 is 19.6. The van der Waals surface area contributed by atoms with Crippen LogP contribution in [0.25, 0.3) is 11.0 Å². The van der Waals surface area contributed by atoms with Crippen molar-refractivity contribution in [1.29, 1.82) is 0 Å². The largest absolute Gasteiger partial charge is 0.450 e. The molecule has 1 aromatic heterocycles. The number of benzene rings is 3. The number of aryl methyl sites for hydroxylation is 2. The fourth-order valence-corrected chi connectivity index (χ4v) is 4.22. The van der Waals surface area contributed by atoms with Crippen LogP contribution in [-0.4, -0.2) is 5.91 Å². The summed E-state index contributed by atoms with van der Waals surface area (Å²) in [7, 11) is 0. The molecule has 154 valence electrons. The van der Waals surface area contributed by atoms with Crippen LogP contribution >= 0.6 is 11.6 Å². The van der Waals surface area contributed by atoms with E-state index < -0.39 is 17.8 Å². The number of rotatable bonds is 2. The van der Waals surface area contributed by atoms with Gasteiger partial charge in [0.1, 0.15) is 11.4 Å². The highest BCUT2D eigenvalue weighted by Crippen LogP contribution is 2.42. The van der Waals surface area contributed by atoms with Gasteiger partial charge in [0.25, 0.3) is 5.91 Å². The third-order valence-corrected chi connectivity index (χ3v) is 6.05. The van der Waals surface area contributed by atoms with E-state index in [0.717, 1.165) is 11.1 Å². The van der Waals surface area contributed by atoms with E-state index in [9.17, 15) is 14.0 Å². The highest BCUT2D eigenvalue weighted by molar-refractivity contribution is 6.31. The molecule has 1 aliphatic heterocycles. The molecule has 6 heteroatoms. The fourth-order valence-electron chi connectivity index (χ4n) is 4.05. The zero-order valence-corrected chi connectivity index (χ0v) is 17.5. The van der Waals surface area contributed by atoms with Crippen molar-refractivity contribution in [3.8, 4) is 0 Å². The third kappa shape index (κ3) is 3.04. The number of carbonyl (C=O) groups is 1. The lowest BCUT2D eigenvalue weighted by Gasteiger charge is -2.25. The molecule has 0 spiro atoms. The van der Waals surface area contributed by atoms with Gasteiger partial charge in [-0.1, -0.05) is 41.4 Å². The van der Waals surface area contributed by atoms with Gasteiger partial charge in [0, 0.05) is 10.7 Å². The molecule has 31 heavy (non-hydrogen) atoms. The van der Waals surface area contributed by atoms with Crippen molar-refractivity contribution in [2.75, 3.05) is 4.90 Å². The van der Waals surface area contributed by atoms with Crippen molar-refractivity contribution in [1.82, 2.24) is 0 Å². The van der Waals surface area contributed by atoms with Crippen LogP contribution in [0, 0.1) is 19.7 Å². The van der Waals surface area contributed by atoms with Crippen molar-refractivity contribution < 1.29 is 13.6 Å². The first kappa shape index (κ1) is 19.5. The number of nitrogens with zero attached hydrogens (tertiary/aromatic N) is 1. The van der Waals surface area contributed by atoms with Gasteiger partial charge >= 0.3 is 0 Å². The van der Waals surface area contributed by atoms with Gasteiger partial charge in [-0.15, -0.1) is 0 Å². The van der Waals surface area contributed by atoms with Crippen molar-refractivity contribution in [3.63, 3.8) is 0 Å². The van der Waals surface area contributed by atoms with E-state index in [0.29, 0.717) is 27.2 Å². The van der Waals surface area contributed by atoms with Crippen LogP contribution in [0.1, 0.15) is 38.9 Å². The maximum absolute atomic E-state index is 13.6. The molecule has 0 saturated carbocycles. The lowest BCUT2D eigenvalue weighted by atomic mass is 9.98. The Kier molecular flexibility index (Phi) is 4.45. The van der Waals surface area contributed by atoms with Crippen LogP contribution < -0.4 is 10.3 Å². The Morgan fingerprint density at radius 2 is 1.71 bits per heavy atom. The lowest BCUT2D eigenvalue weighted by molar-refractivity contribution is 0.0971. The number of anilines is 1. The molecule has 3 aromatic carbocycles. The van der Waals surface area contributed by atoms with Crippen LogP contribution in [-0.2, 0) is 0 Å². The Morgan fingerprint density at radius 1 is 0.968 bits per heavy atom. The van der Waals surface area contributed by atoms with E-state index in [1.807, 2.05) is 26.0 Å². The van der Waals surface area contributed by atoms with E-state index in [4.69, 9.17) is 16.0 Å². The number of hydrogen-bond acceptors (Lipinski definition) is 3. The molecular formula is C25H17ClFNO3. The first-order valence-electron chi connectivity index (χ1n) is 9.77. The third-order valence-electron chi connectivity index (χ3n) is 5.64. The molecule has 0 fully saturated rings. The van der Waals surface area contributed by atoms with E-state index in [1.54, 1.807) is 36.4 Å². The topological polar surface area (TPSA) is 50.5 Å². The monoisotopic (exact) mass is 433 g/mol. The summed E-state index contributed by atoms with van der Waals surface area (Å²) in [5, 5.41) is 0.904. The van der Waals surface area contributed by atoms with Crippen molar-refractivity contribution in [2.24, 2.45) is 0 Å². The summed E-state index contributed by atoms with van der Waals surface area (Å²) in [6, 6.07) is 15.5. The van der Waals surface area contributed by atoms with E-state index in [-0.39, 0.29) is 16.8 Å². The Labute approximate surface area is 182 Å². The van der Waals surface area contributed by atoms with Crippen LogP contribution in [0.15, 0.2) is 69.9 Å². The van der Waals surface area contributed by atoms with Gasteiger partial charge in [-0.25, -0.2) is 4.39 Å². The predicted molar refractivity (Wildman–Crippen MR) is 118 cm³/mol. The number of hydrogen-bond donors (Lipinski definition) is 0. The van der Waals surface area contributed by atoms with Gasteiger partial charge in [0.2, 0.25) is 5.76 Å². The minimum atomic E-state index is -0.761. The SMILES string of the molecule is Cc1ccc2oc3c(c(=O)c2c1)C(c1ccc(F)cc1)N(c1ccc(C)c(Cl)c1)C3=O. The fraction of sp³-hybridized carbons (Fsp3) is 0.120. The van der Waals surface area contributed by atoms with Crippen LogP contribution in [0.2, 0.25) is 5.02 Å². The Bertz CT molecular complexity index is 1430. The van der Waals surface area contributed by atoms with Gasteiger partial charge in [0.05, 0.1) is 17.0 Å². The maximum Gasteiger partial charge on any atom is 0.295 e. The maximum atomic E-state index is 13.6. The average molecular weight is 434 g/mol. The standard InChI is InChI=1S/C25H17ClFNO3/c1-13-3-10-20-18(11-13)23(29)21-22(15-5-7-16(27)8-6-15)28(25(30)24(21)31-20)17-9-4-14(2)19(26)12-17/h3-12,22H,1-2H3. The molecule has 0 bridgehead atoms. The predicted octanol–water partition coefficient (Wildman–Crippen LogP) is 5.95. The van der Waals surface area contributed by atoms with Crippen LogP contribution in [0.5, 0.6) is 0 Å². The number of amides is 1. The molecule has 1 aliphatic rings. The van der Waals surface area contributed by atoms with Gasteiger partial charge < -0.3 is 4.42 Å². The summed E-state index contributed by atoms with van der Waals surface area (Å²) in [4.78, 5) is 28.5. The molecule has 1 amide bonds. The molecule has 0 saturated heterocycles. The normalized spacial score (nSPS) is 15.5. The molecule has 1 atom stereocenters. The number of carbonyl (C=O) groups excluding carboxylic acids is 1. The molecule has 2 heterocycles. The highest BCUT2D eigenvalue weighted by Gasteiger charge is 2.43. The molecule has 1 unspecified atom stereocenters. The molecule has 0 aliphatic carbocycles. The quantitative estimate of drug-likeness (QED) is 0.392. The molecular weight excluding hydrogens is 417 g/mol. The zero-order chi connectivity index (χ0) is 21.9. The van der Waals surface area contributed by atoms with Crippen molar-refractivity contribution in [3.05, 3.63) is 110 Å². The van der Waals surface area contributed by atoms with Crippen molar-refractivity contribution >= 4 is 34.2 Å². The summed E-state index contributed by atoms with van der Waals surface area (Å²) in [6.45, 7) is 3.75. The summed E-state index contributed by atoms with van der Waals surface area (Å²) in [6.07, 6.45) is 0. The van der Waals surface area contributed by atoms with Gasteiger partial charge in [-0.2, -0.15) is 0 Å². The smallest absolute Gasteiger partial charge is 0.295 e. The molecule has 5 rings (SSSR count). The van der Waals surface area contributed by atoms with Gasteiger partial charge in [-0.05, 0) is 61.4 Å². The Morgan fingerprint density at radius 3 is 2.42 bits per heavy atom. The Balaban J connectivity index is 1.82. The lowest BCUT2D eigenvalue weighted by Crippen LogP contribution is -2.29. The minimum Gasteiger partial charge on any atom is -0.450 e. The van der Waals surface area contributed by atoms with Crippen LogP contribution in [0.3, 0.4) is 0 Å². The Hall–Kier alpha value is -3.44. The van der Waals surface area contributed by atoms with Gasteiger partial charge in [0.15, 0.2) is 5.43 Å². The second-order valence-corrected chi connectivity index (χ2v) is 8.14. The number of halogens is 2. The first-order chi connectivity index (χ1) is 14.8. The van der Waals surface area contributed by atoms with Crippen LogP contribution in [0.4, 0.5) is 10.1 Å². The summed E-state index contributed by atoms with van der Waals surface area (Å²) in [5.74, 6) is -0.851. The minimum absolute atomic E-state index is 0.00706. The zero-order valence-electron chi connectivity index (χ0n) is 16.8. The molecule has 0 N–H and O–H groups in total. The van der Waals surface area contributed by atoms with E-state index in [1.165, 1.54) is 17.0 Å². The molecule has 4 nitrogen and oxygen atoms in total. The average Bonchev–Trinajstić information content (AvgIpc) is 3.04. The van der Waals surface area contributed by atoms with Gasteiger partial charge in [-0.3, -0.25) is 14.5 Å².